The number of thiazole rings is 1. The summed E-state index contributed by atoms with van der Waals surface area (Å²) in [7, 11) is 0. The van der Waals surface area contributed by atoms with E-state index >= 15 is 0 Å². The highest BCUT2D eigenvalue weighted by Crippen LogP contribution is 2.19. The van der Waals surface area contributed by atoms with Gasteiger partial charge in [-0.2, -0.15) is 0 Å². The first-order valence-electron chi connectivity index (χ1n) is 5.94. The number of aryl methyl sites for hydroxylation is 2. The van der Waals surface area contributed by atoms with E-state index in [0.29, 0.717) is 13.0 Å². The second kappa shape index (κ2) is 5.84. The van der Waals surface area contributed by atoms with Gasteiger partial charge < -0.3 is 9.84 Å². The molecule has 0 bridgehead atoms. The van der Waals surface area contributed by atoms with E-state index in [-0.39, 0.29) is 5.69 Å². The topological polar surface area (TPSA) is 59.4 Å². The van der Waals surface area contributed by atoms with E-state index in [0.717, 1.165) is 21.9 Å². The second-order valence-electron chi connectivity index (χ2n) is 4.30. The molecule has 19 heavy (non-hydrogen) atoms. The maximum Gasteiger partial charge on any atom is 0.355 e. The van der Waals surface area contributed by atoms with E-state index in [1.165, 1.54) is 11.3 Å². The first kappa shape index (κ1) is 13.5. The van der Waals surface area contributed by atoms with Gasteiger partial charge in [-0.15, -0.1) is 11.3 Å². The van der Waals surface area contributed by atoms with Gasteiger partial charge in [0, 0.05) is 11.8 Å². The van der Waals surface area contributed by atoms with Crippen LogP contribution in [0.2, 0.25) is 0 Å². The SMILES string of the molecule is Cc1ccc(C)c(OCCc2nc(C(=O)O)cs2)c1. The lowest BCUT2D eigenvalue weighted by Crippen LogP contribution is -2.03. The number of aromatic nitrogens is 1. The van der Waals surface area contributed by atoms with Gasteiger partial charge in [0.15, 0.2) is 5.69 Å². The number of carboxylic acids is 1. The van der Waals surface area contributed by atoms with Gasteiger partial charge in [0.2, 0.25) is 0 Å². The third-order valence-corrected chi connectivity index (χ3v) is 3.60. The van der Waals surface area contributed by atoms with Gasteiger partial charge in [0.05, 0.1) is 11.6 Å². The fourth-order valence-corrected chi connectivity index (χ4v) is 2.39. The molecule has 100 valence electrons. The van der Waals surface area contributed by atoms with Crippen LogP contribution in [-0.4, -0.2) is 22.7 Å². The zero-order chi connectivity index (χ0) is 13.8. The van der Waals surface area contributed by atoms with Crippen molar-refractivity contribution in [2.45, 2.75) is 20.3 Å². The van der Waals surface area contributed by atoms with Crippen molar-refractivity contribution in [3.63, 3.8) is 0 Å². The Bertz CT molecular complexity index is 592. The quantitative estimate of drug-likeness (QED) is 0.912. The molecule has 0 amide bonds. The number of ether oxygens (including phenoxy) is 1. The van der Waals surface area contributed by atoms with Crippen LogP contribution in [0.1, 0.15) is 26.6 Å². The molecular formula is C14H15NO3S. The van der Waals surface area contributed by atoms with E-state index in [1.807, 2.05) is 32.0 Å². The van der Waals surface area contributed by atoms with Crippen molar-refractivity contribution in [3.05, 3.63) is 45.4 Å². The monoisotopic (exact) mass is 277 g/mol. The number of benzene rings is 1. The first-order chi connectivity index (χ1) is 9.06. The molecule has 0 saturated carbocycles. The molecule has 1 heterocycles. The van der Waals surface area contributed by atoms with E-state index < -0.39 is 5.97 Å². The Hall–Kier alpha value is -1.88. The van der Waals surface area contributed by atoms with Crippen LogP contribution in [0.4, 0.5) is 0 Å². The molecule has 2 rings (SSSR count). The molecule has 0 spiro atoms. The Kier molecular flexibility index (Phi) is 4.16. The fraction of sp³-hybridized carbons (Fsp3) is 0.286. The van der Waals surface area contributed by atoms with Crippen LogP contribution in [0.3, 0.4) is 0 Å². The van der Waals surface area contributed by atoms with Crippen LogP contribution in [0.25, 0.3) is 0 Å². The third kappa shape index (κ3) is 3.54. The van der Waals surface area contributed by atoms with Crippen molar-refractivity contribution in [1.29, 1.82) is 0 Å². The summed E-state index contributed by atoms with van der Waals surface area (Å²) in [5.41, 5.74) is 2.35. The molecule has 0 radical (unpaired) electrons. The minimum atomic E-state index is -0.988. The number of carboxylic acid groups (broad SMARTS) is 1. The van der Waals surface area contributed by atoms with Gasteiger partial charge in [-0.25, -0.2) is 9.78 Å². The third-order valence-electron chi connectivity index (χ3n) is 2.69. The van der Waals surface area contributed by atoms with E-state index in [4.69, 9.17) is 9.84 Å². The predicted molar refractivity (Wildman–Crippen MR) is 74.2 cm³/mol. The minimum Gasteiger partial charge on any atom is -0.493 e. The molecule has 0 fully saturated rings. The Balaban J connectivity index is 1.92. The van der Waals surface area contributed by atoms with Gasteiger partial charge >= 0.3 is 5.97 Å². The number of hydrogen-bond donors (Lipinski definition) is 1. The van der Waals surface area contributed by atoms with Crippen molar-refractivity contribution in [2.24, 2.45) is 0 Å². The molecule has 4 nitrogen and oxygen atoms in total. The fourth-order valence-electron chi connectivity index (χ4n) is 1.64. The zero-order valence-corrected chi connectivity index (χ0v) is 11.7. The highest BCUT2D eigenvalue weighted by atomic mass is 32.1. The van der Waals surface area contributed by atoms with Crippen LogP contribution in [0.5, 0.6) is 5.75 Å². The molecule has 1 aromatic carbocycles. The van der Waals surface area contributed by atoms with Crippen LogP contribution >= 0.6 is 11.3 Å². The molecule has 0 aliphatic carbocycles. The molecule has 0 unspecified atom stereocenters. The van der Waals surface area contributed by atoms with Crippen LogP contribution in [0, 0.1) is 13.8 Å². The lowest BCUT2D eigenvalue weighted by Gasteiger charge is -2.08. The van der Waals surface area contributed by atoms with Crippen molar-refractivity contribution >= 4 is 17.3 Å². The summed E-state index contributed by atoms with van der Waals surface area (Å²) in [4.78, 5) is 14.7. The average Bonchev–Trinajstić information content (AvgIpc) is 2.82. The summed E-state index contributed by atoms with van der Waals surface area (Å²) < 4.78 is 5.71. The molecular weight excluding hydrogens is 262 g/mol. The second-order valence-corrected chi connectivity index (χ2v) is 5.24. The predicted octanol–water partition coefficient (Wildman–Crippen LogP) is 3.08. The molecule has 1 aromatic heterocycles. The number of carbonyl (C=O) groups is 1. The Labute approximate surface area is 115 Å². The molecule has 0 saturated heterocycles. The molecule has 0 aliphatic heterocycles. The molecule has 2 aromatic rings. The number of nitrogens with zero attached hydrogens (tertiary/aromatic N) is 1. The van der Waals surface area contributed by atoms with Crippen molar-refractivity contribution < 1.29 is 14.6 Å². The molecule has 5 heteroatoms. The summed E-state index contributed by atoms with van der Waals surface area (Å²) in [6.07, 6.45) is 0.616. The molecule has 0 aliphatic rings. The maximum atomic E-state index is 10.7. The van der Waals surface area contributed by atoms with E-state index in [9.17, 15) is 4.79 Å². The molecule has 1 N–H and O–H groups in total. The van der Waals surface area contributed by atoms with Crippen molar-refractivity contribution in [3.8, 4) is 5.75 Å². The average molecular weight is 277 g/mol. The minimum absolute atomic E-state index is 0.103. The highest BCUT2D eigenvalue weighted by Gasteiger charge is 2.08. The van der Waals surface area contributed by atoms with Gasteiger partial charge in [-0.05, 0) is 31.0 Å². The van der Waals surface area contributed by atoms with Crippen LogP contribution < -0.4 is 4.74 Å². The van der Waals surface area contributed by atoms with Crippen LogP contribution in [0.15, 0.2) is 23.6 Å². The van der Waals surface area contributed by atoms with E-state index in [1.54, 1.807) is 5.38 Å². The number of hydrogen-bond acceptors (Lipinski definition) is 4. The lowest BCUT2D eigenvalue weighted by atomic mass is 10.1. The summed E-state index contributed by atoms with van der Waals surface area (Å²) in [6.45, 7) is 4.52. The summed E-state index contributed by atoms with van der Waals surface area (Å²) in [5.74, 6) is -0.118. The number of aromatic carboxylic acids is 1. The number of rotatable bonds is 5. The van der Waals surface area contributed by atoms with Gasteiger partial charge in [-0.1, -0.05) is 12.1 Å². The van der Waals surface area contributed by atoms with Gasteiger partial charge in [-0.3, -0.25) is 0 Å². The summed E-state index contributed by atoms with van der Waals surface area (Å²) >= 11 is 1.35. The smallest absolute Gasteiger partial charge is 0.355 e. The highest BCUT2D eigenvalue weighted by molar-refractivity contribution is 7.09. The van der Waals surface area contributed by atoms with Crippen molar-refractivity contribution in [1.82, 2.24) is 4.98 Å². The Morgan fingerprint density at radius 3 is 2.89 bits per heavy atom. The van der Waals surface area contributed by atoms with Crippen LogP contribution in [-0.2, 0) is 6.42 Å². The lowest BCUT2D eigenvalue weighted by molar-refractivity contribution is 0.0691. The zero-order valence-electron chi connectivity index (χ0n) is 10.8. The van der Waals surface area contributed by atoms with Gasteiger partial charge in [0.25, 0.3) is 0 Å². The van der Waals surface area contributed by atoms with E-state index in [2.05, 4.69) is 4.98 Å². The standard InChI is InChI=1S/C14H15NO3S/c1-9-3-4-10(2)12(7-9)18-6-5-13-15-11(8-19-13)14(16)17/h3-4,7-8H,5-6H2,1-2H3,(H,16,17). The van der Waals surface area contributed by atoms with Crippen molar-refractivity contribution in [2.75, 3.05) is 6.61 Å². The maximum absolute atomic E-state index is 10.7. The Morgan fingerprint density at radius 2 is 2.21 bits per heavy atom. The Morgan fingerprint density at radius 1 is 1.42 bits per heavy atom. The summed E-state index contributed by atoms with van der Waals surface area (Å²) in [5, 5.41) is 11.1. The van der Waals surface area contributed by atoms with Gasteiger partial charge in [0.1, 0.15) is 5.75 Å². The summed E-state index contributed by atoms with van der Waals surface area (Å²) in [6, 6.07) is 6.07. The molecule has 0 atom stereocenters. The largest absolute Gasteiger partial charge is 0.493 e. The normalized spacial score (nSPS) is 10.4. The first-order valence-corrected chi connectivity index (χ1v) is 6.82.